The van der Waals surface area contributed by atoms with Crippen LogP contribution < -0.4 is 10.0 Å². The summed E-state index contributed by atoms with van der Waals surface area (Å²) in [4.78, 5) is 16.3. The average molecular weight is 760 g/mol. The quantitative estimate of drug-likeness (QED) is 0.140. The van der Waals surface area contributed by atoms with E-state index < -0.39 is 39.4 Å². The Balaban J connectivity index is 0.971. The Labute approximate surface area is 289 Å². The van der Waals surface area contributed by atoms with Gasteiger partial charge in [-0.3, -0.25) is 14.8 Å². The molecule has 4 bridgehead atoms. The Hall–Kier alpha value is -2.55. The van der Waals surface area contributed by atoms with Crippen LogP contribution in [0.1, 0.15) is 49.8 Å². The van der Waals surface area contributed by atoms with Crippen LogP contribution in [0.15, 0.2) is 28.5 Å². The molecule has 0 unspecified atom stereocenters. The van der Waals surface area contributed by atoms with Crippen molar-refractivity contribution < 1.29 is 63.6 Å². The van der Waals surface area contributed by atoms with Crippen LogP contribution >= 0.6 is 11.3 Å². The number of nitrogens with one attached hydrogen (secondary N) is 2. The molecule has 11 nitrogen and oxygen atoms in total. The number of sulfonamides is 1. The molecule has 4 aliphatic carbocycles. The van der Waals surface area contributed by atoms with Crippen molar-refractivity contribution in [1.82, 2.24) is 4.98 Å². The summed E-state index contributed by atoms with van der Waals surface area (Å²) in [6.07, 6.45) is -4.57. The van der Waals surface area contributed by atoms with Crippen LogP contribution in [0.4, 0.5) is 37.2 Å². The first-order valence-corrected chi connectivity index (χ1v) is 18.3. The minimum atomic E-state index is -6.09. The normalized spacial score (nSPS) is 23.7. The lowest BCUT2D eigenvalue weighted by molar-refractivity contribution is -0.376. The lowest BCUT2D eigenvalue weighted by Crippen LogP contribution is -2.53. The highest BCUT2D eigenvalue weighted by Gasteiger charge is 2.71. The number of nitrogens with zero attached hydrogens (tertiary/aromatic N) is 1. The number of aryl methyl sites for hydroxylation is 1. The van der Waals surface area contributed by atoms with E-state index in [1.54, 1.807) is 0 Å². The number of hydrogen-bond acceptors (Lipinski definition) is 10. The van der Waals surface area contributed by atoms with E-state index in [1.165, 1.54) is 45.4 Å². The number of carbonyl (C=O) groups excluding carboxylic acids is 1. The van der Waals surface area contributed by atoms with E-state index in [0.717, 1.165) is 17.8 Å². The molecule has 280 valence electrons. The fourth-order valence-corrected chi connectivity index (χ4v) is 9.93. The maximum atomic E-state index is 13.1. The highest BCUT2D eigenvalue weighted by atomic mass is 32.2. The number of amides is 1. The summed E-state index contributed by atoms with van der Waals surface area (Å²) in [5.41, 5.74) is -7.08. The molecule has 6 rings (SSSR count). The first-order valence-electron chi connectivity index (χ1n) is 16.0. The molecule has 2 aromatic rings. The minimum Gasteiger partial charge on any atom is -0.377 e. The number of anilines is 2. The van der Waals surface area contributed by atoms with Crippen molar-refractivity contribution in [2.75, 3.05) is 56.3 Å². The standard InChI is InChI=1S/C31H39F6N3O8S2/c1-19-26(50(43,44)40-24-4-2-23(3-5-24)29(42,30(32,33)34)31(35,36)37)49-27(38-19)39-25(41)18-47-9-8-45-6-7-46-10-11-48-28-15-20-12-21(16-28)14-22(13-20)17-28/h2-5,20-22,40,42H,6-18H2,1H3,(H,38,39,41). The summed E-state index contributed by atoms with van der Waals surface area (Å²) < 4.78 is 129. The van der Waals surface area contributed by atoms with E-state index in [9.17, 15) is 44.7 Å². The van der Waals surface area contributed by atoms with Gasteiger partial charge in [0.1, 0.15) is 6.61 Å². The van der Waals surface area contributed by atoms with Gasteiger partial charge < -0.3 is 24.1 Å². The molecule has 0 saturated heterocycles. The summed E-state index contributed by atoms with van der Waals surface area (Å²) in [5, 5.41) is 11.8. The highest BCUT2D eigenvalue weighted by molar-refractivity contribution is 7.94. The number of carbonyl (C=O) groups is 1. The molecule has 0 aliphatic heterocycles. The molecule has 0 radical (unpaired) electrons. The zero-order valence-corrected chi connectivity index (χ0v) is 28.7. The van der Waals surface area contributed by atoms with Crippen molar-refractivity contribution in [3.8, 4) is 0 Å². The van der Waals surface area contributed by atoms with E-state index in [0.29, 0.717) is 62.0 Å². The van der Waals surface area contributed by atoms with Gasteiger partial charge in [-0.05, 0) is 75.3 Å². The van der Waals surface area contributed by atoms with Crippen LogP contribution in [0, 0.1) is 24.7 Å². The van der Waals surface area contributed by atoms with Crippen LogP contribution in [-0.4, -0.2) is 88.6 Å². The lowest BCUT2D eigenvalue weighted by Gasteiger charge is -2.56. The van der Waals surface area contributed by atoms with E-state index >= 15 is 0 Å². The van der Waals surface area contributed by atoms with Crippen LogP contribution in [0.3, 0.4) is 0 Å². The summed E-state index contributed by atoms with van der Waals surface area (Å²) in [6.45, 7) is 3.03. The number of ether oxygens (including phenoxy) is 4. The zero-order chi connectivity index (χ0) is 36.4. The fourth-order valence-electron chi connectivity index (χ4n) is 7.44. The molecule has 3 N–H and O–H groups in total. The third-order valence-corrected chi connectivity index (χ3v) is 12.3. The van der Waals surface area contributed by atoms with Gasteiger partial charge in [-0.2, -0.15) is 26.3 Å². The van der Waals surface area contributed by atoms with Crippen molar-refractivity contribution in [3.63, 3.8) is 0 Å². The second kappa shape index (κ2) is 15.2. The fraction of sp³-hybridized carbons (Fsp3) is 0.677. The van der Waals surface area contributed by atoms with Gasteiger partial charge in [0.25, 0.3) is 21.5 Å². The summed E-state index contributed by atoms with van der Waals surface area (Å²) in [7, 11) is -4.43. The van der Waals surface area contributed by atoms with E-state index in [-0.39, 0.29) is 46.1 Å². The molecule has 1 heterocycles. The Morgan fingerprint density at radius 2 is 1.38 bits per heavy atom. The van der Waals surface area contributed by atoms with Gasteiger partial charge in [0.05, 0.1) is 50.9 Å². The highest BCUT2D eigenvalue weighted by Crippen LogP contribution is 2.57. The molecule has 1 aromatic carbocycles. The number of alkyl halides is 6. The van der Waals surface area contributed by atoms with Crippen molar-refractivity contribution in [1.29, 1.82) is 0 Å². The second-order valence-corrected chi connectivity index (χ2v) is 15.9. The third-order valence-electron chi connectivity index (χ3n) is 9.21. The monoisotopic (exact) mass is 759 g/mol. The van der Waals surface area contributed by atoms with E-state index in [1.807, 2.05) is 4.72 Å². The molecule has 4 saturated carbocycles. The van der Waals surface area contributed by atoms with Crippen LogP contribution in [0.25, 0.3) is 0 Å². The van der Waals surface area contributed by atoms with Crippen LogP contribution in [-0.2, 0) is 39.4 Å². The molecule has 19 heteroatoms. The summed E-state index contributed by atoms with van der Waals surface area (Å²) in [5.74, 6) is 1.84. The minimum absolute atomic E-state index is 0.0335. The predicted octanol–water partition coefficient (Wildman–Crippen LogP) is 5.54. The lowest BCUT2D eigenvalue weighted by atomic mass is 9.54. The van der Waals surface area contributed by atoms with Crippen molar-refractivity contribution >= 4 is 38.1 Å². The van der Waals surface area contributed by atoms with Crippen molar-refractivity contribution in [3.05, 3.63) is 35.5 Å². The number of aromatic nitrogens is 1. The molecule has 1 aromatic heterocycles. The largest absolute Gasteiger partial charge is 0.430 e. The van der Waals surface area contributed by atoms with Gasteiger partial charge in [-0.15, -0.1) is 0 Å². The zero-order valence-electron chi connectivity index (χ0n) is 27.1. The number of thiazole rings is 1. The summed E-state index contributed by atoms with van der Waals surface area (Å²) in [6, 6.07) is 1.90. The van der Waals surface area contributed by atoms with Crippen molar-refractivity contribution in [2.24, 2.45) is 17.8 Å². The predicted molar refractivity (Wildman–Crippen MR) is 168 cm³/mol. The molecule has 4 aliphatic rings. The number of rotatable bonds is 17. The van der Waals surface area contributed by atoms with Gasteiger partial charge in [-0.1, -0.05) is 23.5 Å². The first-order chi connectivity index (χ1) is 23.4. The molecular weight excluding hydrogens is 720 g/mol. The maximum absolute atomic E-state index is 13.1. The molecule has 50 heavy (non-hydrogen) atoms. The number of benzene rings is 1. The Morgan fingerprint density at radius 1 is 0.880 bits per heavy atom. The smallest absolute Gasteiger partial charge is 0.377 e. The maximum Gasteiger partial charge on any atom is 0.430 e. The Bertz CT molecular complexity index is 1530. The number of hydrogen-bond donors (Lipinski definition) is 3. The van der Waals surface area contributed by atoms with Gasteiger partial charge >= 0.3 is 12.4 Å². The van der Waals surface area contributed by atoms with Gasteiger partial charge in [-0.25, -0.2) is 13.4 Å². The van der Waals surface area contributed by atoms with Gasteiger partial charge in [0.2, 0.25) is 0 Å². The van der Waals surface area contributed by atoms with E-state index in [2.05, 4.69) is 10.3 Å². The molecule has 4 fully saturated rings. The van der Waals surface area contributed by atoms with Crippen molar-refractivity contribution in [2.45, 2.75) is 73.2 Å². The SMILES string of the molecule is Cc1nc(NC(=O)COCCOCCOCCOC23CC4CC(CC(C4)C2)C3)sc1S(=O)(=O)Nc1ccc(C(O)(C(F)(F)F)C(F)(F)F)cc1. The molecular formula is C31H39F6N3O8S2. The number of aliphatic hydroxyl groups is 1. The number of halogens is 6. The molecule has 0 spiro atoms. The van der Waals surface area contributed by atoms with Gasteiger partial charge in [0, 0.05) is 11.3 Å². The first kappa shape index (κ1) is 38.7. The Kier molecular flexibility index (Phi) is 11.8. The Morgan fingerprint density at radius 3 is 1.90 bits per heavy atom. The topological polar surface area (TPSA) is 145 Å². The van der Waals surface area contributed by atoms with Crippen LogP contribution in [0.5, 0.6) is 0 Å². The molecule has 1 amide bonds. The third kappa shape index (κ3) is 8.90. The second-order valence-electron chi connectivity index (χ2n) is 13.1. The summed E-state index contributed by atoms with van der Waals surface area (Å²) >= 11 is 0.566. The van der Waals surface area contributed by atoms with Crippen LogP contribution in [0.2, 0.25) is 0 Å². The molecule has 0 atom stereocenters. The average Bonchev–Trinajstić information content (AvgIpc) is 3.38. The van der Waals surface area contributed by atoms with E-state index in [4.69, 9.17) is 18.9 Å². The van der Waals surface area contributed by atoms with Gasteiger partial charge in [0.15, 0.2) is 9.34 Å².